The van der Waals surface area contributed by atoms with E-state index in [-0.39, 0.29) is 18.3 Å². The molecule has 0 fully saturated rings. The van der Waals surface area contributed by atoms with Gasteiger partial charge in [-0.25, -0.2) is 0 Å². The van der Waals surface area contributed by atoms with Gasteiger partial charge in [0.05, 0.1) is 15.0 Å². The molecule has 1 amide bonds. The van der Waals surface area contributed by atoms with Crippen LogP contribution in [0.3, 0.4) is 0 Å². The Balaban J connectivity index is 2.77. The number of nitrogens with zero attached hydrogens (tertiary/aromatic N) is 2. The van der Waals surface area contributed by atoms with Gasteiger partial charge in [0.15, 0.2) is 5.84 Å². The lowest BCUT2D eigenvalue weighted by Crippen LogP contribution is -2.38. The lowest BCUT2D eigenvalue weighted by Gasteiger charge is -2.19. The fourth-order valence-corrected chi connectivity index (χ4v) is 2.48. The summed E-state index contributed by atoms with van der Waals surface area (Å²) in [6.07, 6.45) is 0. The summed E-state index contributed by atoms with van der Waals surface area (Å²) in [5.74, 6) is -0.0756. The van der Waals surface area contributed by atoms with Crippen LogP contribution >= 0.6 is 33.9 Å². The Bertz CT molecular complexity index is 405. The van der Waals surface area contributed by atoms with E-state index in [1.807, 2.05) is 13.0 Å². The van der Waals surface area contributed by atoms with Gasteiger partial charge in [0, 0.05) is 11.9 Å². The van der Waals surface area contributed by atoms with Crippen molar-refractivity contribution in [1.29, 1.82) is 0 Å². The maximum atomic E-state index is 12.0. The first kappa shape index (κ1) is 13.2. The number of hydrogen-bond acceptors (Lipinski definition) is 4. The molecule has 0 aliphatic heterocycles. The number of thiophene rings is 1. The predicted octanol–water partition coefficient (Wildman–Crippen LogP) is 1.56. The van der Waals surface area contributed by atoms with Gasteiger partial charge in [-0.1, -0.05) is 5.16 Å². The van der Waals surface area contributed by atoms with Crippen LogP contribution in [0.25, 0.3) is 0 Å². The number of amides is 1. The largest absolute Gasteiger partial charge is 0.409 e. The lowest BCUT2D eigenvalue weighted by molar-refractivity contribution is 0.0786. The minimum absolute atomic E-state index is 0.0279. The Kier molecular flexibility index (Phi) is 5.00. The Labute approximate surface area is 111 Å². The van der Waals surface area contributed by atoms with E-state index in [0.717, 1.165) is 2.88 Å². The molecule has 0 radical (unpaired) electrons. The van der Waals surface area contributed by atoms with Crippen LogP contribution in [0, 0.1) is 2.88 Å². The smallest absolute Gasteiger partial charge is 0.255 e. The van der Waals surface area contributed by atoms with E-state index in [0.29, 0.717) is 12.1 Å². The molecule has 1 heterocycles. The summed E-state index contributed by atoms with van der Waals surface area (Å²) >= 11 is 3.68. The molecule has 5 nitrogen and oxygen atoms in total. The minimum atomic E-state index is -0.103. The van der Waals surface area contributed by atoms with Gasteiger partial charge in [0.2, 0.25) is 0 Å². The van der Waals surface area contributed by atoms with Crippen LogP contribution in [-0.4, -0.2) is 34.9 Å². The van der Waals surface area contributed by atoms with Crippen molar-refractivity contribution in [3.63, 3.8) is 0 Å². The average molecular weight is 353 g/mol. The third kappa shape index (κ3) is 3.34. The van der Waals surface area contributed by atoms with Crippen molar-refractivity contribution in [2.24, 2.45) is 10.9 Å². The van der Waals surface area contributed by atoms with Crippen LogP contribution in [-0.2, 0) is 0 Å². The topological polar surface area (TPSA) is 78.9 Å². The summed E-state index contributed by atoms with van der Waals surface area (Å²) < 4.78 is 1.06. The molecule has 0 aliphatic carbocycles. The highest BCUT2D eigenvalue weighted by molar-refractivity contribution is 14.1. The molecular weight excluding hydrogens is 341 g/mol. The van der Waals surface area contributed by atoms with E-state index in [2.05, 4.69) is 27.7 Å². The second-order valence-electron chi connectivity index (χ2n) is 3.05. The van der Waals surface area contributed by atoms with E-state index in [4.69, 9.17) is 10.9 Å². The summed E-state index contributed by atoms with van der Waals surface area (Å²) in [4.78, 5) is 13.5. The van der Waals surface area contributed by atoms with Crippen LogP contribution in [0.4, 0.5) is 0 Å². The van der Waals surface area contributed by atoms with Crippen molar-refractivity contribution < 1.29 is 10.0 Å². The molecule has 0 unspecified atom stereocenters. The zero-order chi connectivity index (χ0) is 12.1. The van der Waals surface area contributed by atoms with Gasteiger partial charge < -0.3 is 15.8 Å². The third-order valence-electron chi connectivity index (χ3n) is 1.96. The second kappa shape index (κ2) is 6.04. The Morgan fingerprint density at radius 1 is 1.75 bits per heavy atom. The van der Waals surface area contributed by atoms with Crippen molar-refractivity contribution in [2.45, 2.75) is 6.92 Å². The maximum Gasteiger partial charge on any atom is 0.255 e. The zero-order valence-electron chi connectivity index (χ0n) is 8.68. The standard InChI is InChI=1S/C9H12IN3O2S/c1-2-13(4-8(11)12-15)9(14)6-3-7(10)16-5-6/h3,5,15H,2,4H2,1H3,(H2,11,12). The summed E-state index contributed by atoms with van der Waals surface area (Å²) in [5, 5.41) is 13.1. The number of oxime groups is 1. The van der Waals surface area contributed by atoms with Gasteiger partial charge in [0.25, 0.3) is 5.91 Å². The molecule has 0 aliphatic rings. The molecule has 88 valence electrons. The van der Waals surface area contributed by atoms with E-state index < -0.39 is 0 Å². The number of hydrogen-bond donors (Lipinski definition) is 2. The van der Waals surface area contributed by atoms with E-state index in [9.17, 15) is 4.79 Å². The third-order valence-corrected chi connectivity index (χ3v) is 3.75. The monoisotopic (exact) mass is 353 g/mol. The SMILES string of the molecule is CCN(CC(N)=NO)C(=O)c1csc(I)c1. The molecule has 0 atom stereocenters. The molecule has 1 aromatic heterocycles. The first-order valence-corrected chi connectivity index (χ1v) is 6.54. The van der Waals surface area contributed by atoms with Crippen LogP contribution in [0.2, 0.25) is 0 Å². The first-order chi connectivity index (χ1) is 7.58. The molecule has 0 saturated carbocycles. The molecule has 0 bridgehead atoms. The lowest BCUT2D eigenvalue weighted by atomic mass is 10.3. The van der Waals surface area contributed by atoms with Crippen molar-refractivity contribution >= 4 is 45.7 Å². The molecule has 16 heavy (non-hydrogen) atoms. The van der Waals surface area contributed by atoms with Gasteiger partial charge in [0.1, 0.15) is 0 Å². The highest BCUT2D eigenvalue weighted by Gasteiger charge is 2.16. The van der Waals surface area contributed by atoms with E-state index in [1.54, 1.807) is 5.38 Å². The highest BCUT2D eigenvalue weighted by Crippen LogP contribution is 2.18. The quantitative estimate of drug-likeness (QED) is 0.284. The summed E-state index contributed by atoms with van der Waals surface area (Å²) in [5.41, 5.74) is 6.02. The highest BCUT2D eigenvalue weighted by atomic mass is 127. The Hall–Kier alpha value is -0.830. The molecule has 1 rings (SSSR count). The van der Waals surface area contributed by atoms with Crippen molar-refractivity contribution in [1.82, 2.24) is 4.90 Å². The molecule has 0 spiro atoms. The second-order valence-corrected chi connectivity index (χ2v) is 5.86. The van der Waals surface area contributed by atoms with Crippen molar-refractivity contribution in [3.05, 3.63) is 19.9 Å². The number of nitrogens with two attached hydrogens (primary N) is 1. The number of amidine groups is 1. The Morgan fingerprint density at radius 3 is 2.88 bits per heavy atom. The summed E-state index contributed by atoms with van der Waals surface area (Å²) in [6, 6.07) is 1.82. The molecule has 0 aromatic carbocycles. The van der Waals surface area contributed by atoms with Crippen LogP contribution in [0.5, 0.6) is 0 Å². The zero-order valence-corrected chi connectivity index (χ0v) is 11.7. The number of carbonyl (C=O) groups excluding carboxylic acids is 1. The van der Waals surface area contributed by atoms with E-state index >= 15 is 0 Å². The van der Waals surface area contributed by atoms with Crippen molar-refractivity contribution in [3.8, 4) is 0 Å². The Morgan fingerprint density at radius 2 is 2.44 bits per heavy atom. The van der Waals surface area contributed by atoms with Gasteiger partial charge in [-0.3, -0.25) is 4.79 Å². The molecule has 7 heteroatoms. The minimum Gasteiger partial charge on any atom is -0.409 e. The van der Waals surface area contributed by atoms with Crippen molar-refractivity contribution in [2.75, 3.05) is 13.1 Å². The summed E-state index contributed by atoms with van der Waals surface area (Å²) in [6.45, 7) is 2.50. The maximum absolute atomic E-state index is 12.0. The molecular formula is C9H12IN3O2S. The number of halogens is 1. The van der Waals surface area contributed by atoms with Crippen LogP contribution in [0.1, 0.15) is 17.3 Å². The van der Waals surface area contributed by atoms with Crippen LogP contribution in [0.15, 0.2) is 16.6 Å². The van der Waals surface area contributed by atoms with Gasteiger partial charge >= 0.3 is 0 Å². The summed E-state index contributed by atoms with van der Waals surface area (Å²) in [7, 11) is 0. The van der Waals surface area contributed by atoms with Crippen LogP contribution < -0.4 is 5.73 Å². The fraction of sp³-hybridized carbons (Fsp3) is 0.333. The molecule has 1 aromatic rings. The number of likely N-dealkylation sites (N-methyl/N-ethyl adjacent to an activating group) is 1. The van der Waals surface area contributed by atoms with Gasteiger partial charge in [-0.2, -0.15) is 0 Å². The molecule has 0 saturated heterocycles. The first-order valence-electron chi connectivity index (χ1n) is 4.58. The fourth-order valence-electron chi connectivity index (χ4n) is 1.16. The predicted molar refractivity (Wildman–Crippen MR) is 72.0 cm³/mol. The number of rotatable bonds is 4. The van der Waals surface area contributed by atoms with Gasteiger partial charge in [-0.05, 0) is 35.6 Å². The van der Waals surface area contributed by atoms with Gasteiger partial charge in [-0.15, -0.1) is 11.3 Å². The average Bonchev–Trinajstić information content (AvgIpc) is 2.71. The molecule has 3 N–H and O–H groups in total. The van der Waals surface area contributed by atoms with E-state index in [1.165, 1.54) is 16.2 Å². The number of carbonyl (C=O) groups is 1. The normalized spacial score (nSPS) is 11.5.